The van der Waals surface area contributed by atoms with E-state index in [4.69, 9.17) is 27.2 Å². The van der Waals surface area contributed by atoms with E-state index in [-0.39, 0.29) is 5.75 Å². The zero-order valence-corrected chi connectivity index (χ0v) is 6.72. The Hall–Kier alpha value is -1.09. The van der Waals surface area contributed by atoms with Crippen LogP contribution in [0.1, 0.15) is 0 Å². The van der Waals surface area contributed by atoms with E-state index in [2.05, 4.69) is 0 Å². The van der Waals surface area contributed by atoms with Crippen molar-refractivity contribution in [2.24, 2.45) is 0 Å². The first kappa shape index (κ1) is 8.01. The lowest BCUT2D eigenvalue weighted by Gasteiger charge is -2.04. The summed E-state index contributed by atoms with van der Waals surface area (Å²) in [6, 6.07) is 2.81. The number of anilines is 1. The zero-order chi connectivity index (χ0) is 8.43. The van der Waals surface area contributed by atoms with Crippen molar-refractivity contribution in [2.45, 2.75) is 0 Å². The summed E-state index contributed by atoms with van der Waals surface area (Å²) in [6.07, 6.45) is 0. The molecule has 0 aliphatic carbocycles. The van der Waals surface area contributed by atoms with Gasteiger partial charge in [0.15, 0.2) is 11.5 Å². The van der Waals surface area contributed by atoms with Crippen LogP contribution >= 0.6 is 11.6 Å². The van der Waals surface area contributed by atoms with E-state index in [0.717, 1.165) is 0 Å². The van der Waals surface area contributed by atoms with Gasteiger partial charge in [-0.25, -0.2) is 0 Å². The lowest BCUT2D eigenvalue weighted by Crippen LogP contribution is -1.89. The van der Waals surface area contributed by atoms with Crippen molar-refractivity contribution in [3.8, 4) is 11.5 Å². The second-order valence-corrected chi connectivity index (χ2v) is 2.45. The summed E-state index contributed by atoms with van der Waals surface area (Å²) in [5.74, 6) is 0.318. The first-order valence-electron chi connectivity index (χ1n) is 2.97. The topological polar surface area (TPSA) is 55.5 Å². The molecule has 0 atom stereocenters. The number of rotatable bonds is 1. The van der Waals surface area contributed by atoms with E-state index in [0.29, 0.717) is 16.5 Å². The fraction of sp³-hybridized carbons (Fsp3) is 0.143. The van der Waals surface area contributed by atoms with Crippen molar-refractivity contribution in [1.29, 1.82) is 0 Å². The Balaban J connectivity index is 3.21. The average molecular weight is 174 g/mol. The molecule has 0 fully saturated rings. The number of halogens is 1. The molecule has 0 aliphatic rings. The summed E-state index contributed by atoms with van der Waals surface area (Å²) in [7, 11) is 1.45. The highest BCUT2D eigenvalue weighted by Gasteiger charge is 2.04. The molecule has 60 valence electrons. The fourth-order valence-electron chi connectivity index (χ4n) is 0.722. The van der Waals surface area contributed by atoms with Gasteiger partial charge in [-0.1, -0.05) is 11.6 Å². The Labute approximate surface area is 69.3 Å². The Morgan fingerprint density at radius 3 is 2.73 bits per heavy atom. The molecule has 0 saturated carbocycles. The molecule has 0 aliphatic heterocycles. The van der Waals surface area contributed by atoms with Gasteiger partial charge in [0.25, 0.3) is 0 Å². The van der Waals surface area contributed by atoms with Crippen molar-refractivity contribution in [2.75, 3.05) is 12.8 Å². The van der Waals surface area contributed by atoms with Gasteiger partial charge in [0, 0.05) is 12.1 Å². The molecule has 11 heavy (non-hydrogen) atoms. The normalized spacial score (nSPS) is 9.64. The standard InChI is InChI=1S/C7H8ClNO2/c1-11-7-3-5(9)4(8)2-6(7)10/h2-3,10H,9H2,1H3. The van der Waals surface area contributed by atoms with E-state index in [1.54, 1.807) is 0 Å². The monoisotopic (exact) mass is 173 g/mol. The maximum absolute atomic E-state index is 9.15. The molecule has 1 aromatic carbocycles. The van der Waals surface area contributed by atoms with Gasteiger partial charge in [0.1, 0.15) is 0 Å². The van der Waals surface area contributed by atoms with E-state index >= 15 is 0 Å². The smallest absolute Gasteiger partial charge is 0.162 e. The molecule has 0 radical (unpaired) electrons. The molecule has 4 heteroatoms. The van der Waals surface area contributed by atoms with Gasteiger partial charge >= 0.3 is 0 Å². The first-order valence-corrected chi connectivity index (χ1v) is 3.35. The van der Waals surface area contributed by atoms with Gasteiger partial charge in [-0.2, -0.15) is 0 Å². The highest BCUT2D eigenvalue weighted by atomic mass is 35.5. The van der Waals surface area contributed by atoms with Crippen LogP contribution in [-0.2, 0) is 0 Å². The Bertz CT molecular complexity index is 275. The molecule has 1 rings (SSSR count). The van der Waals surface area contributed by atoms with Crippen LogP contribution in [0, 0.1) is 0 Å². The summed E-state index contributed by atoms with van der Waals surface area (Å²) < 4.78 is 4.79. The zero-order valence-electron chi connectivity index (χ0n) is 5.97. The number of phenols is 1. The number of nitrogens with two attached hydrogens (primary N) is 1. The second-order valence-electron chi connectivity index (χ2n) is 2.05. The van der Waals surface area contributed by atoms with Gasteiger partial charge in [0.05, 0.1) is 17.8 Å². The van der Waals surface area contributed by atoms with Crippen LogP contribution in [0.25, 0.3) is 0 Å². The summed E-state index contributed by atoms with van der Waals surface area (Å²) in [5.41, 5.74) is 5.83. The van der Waals surface area contributed by atoms with Gasteiger partial charge < -0.3 is 15.6 Å². The number of phenolic OH excluding ortho intramolecular Hbond substituents is 1. The molecule has 1 aromatic rings. The van der Waals surface area contributed by atoms with E-state index in [9.17, 15) is 0 Å². The van der Waals surface area contributed by atoms with Gasteiger partial charge in [0.2, 0.25) is 0 Å². The number of hydrogen-bond donors (Lipinski definition) is 2. The summed E-state index contributed by atoms with van der Waals surface area (Å²) in [6.45, 7) is 0. The predicted octanol–water partition coefficient (Wildman–Crippen LogP) is 1.64. The summed E-state index contributed by atoms with van der Waals surface area (Å²) in [5, 5.41) is 9.47. The first-order chi connectivity index (χ1) is 5.15. The number of ether oxygens (including phenoxy) is 1. The average Bonchev–Trinajstić information content (AvgIpc) is 1.97. The quantitative estimate of drug-likeness (QED) is 0.502. The van der Waals surface area contributed by atoms with Gasteiger partial charge in [-0.15, -0.1) is 0 Å². The van der Waals surface area contributed by atoms with Crippen LogP contribution in [0.5, 0.6) is 11.5 Å². The third-order valence-electron chi connectivity index (χ3n) is 1.30. The van der Waals surface area contributed by atoms with E-state index < -0.39 is 0 Å². The third-order valence-corrected chi connectivity index (χ3v) is 1.63. The highest BCUT2D eigenvalue weighted by Crippen LogP contribution is 2.33. The summed E-state index contributed by atoms with van der Waals surface area (Å²) >= 11 is 5.60. The van der Waals surface area contributed by atoms with Gasteiger partial charge in [-0.3, -0.25) is 0 Å². The Morgan fingerprint density at radius 1 is 1.55 bits per heavy atom. The van der Waals surface area contributed by atoms with Crippen LogP contribution in [0.2, 0.25) is 5.02 Å². The Kier molecular flexibility index (Phi) is 2.10. The third kappa shape index (κ3) is 1.49. The van der Waals surface area contributed by atoms with Gasteiger partial charge in [-0.05, 0) is 0 Å². The largest absolute Gasteiger partial charge is 0.504 e. The molecule has 0 heterocycles. The van der Waals surface area contributed by atoms with E-state index in [1.807, 2.05) is 0 Å². The Morgan fingerprint density at radius 2 is 2.18 bits per heavy atom. The summed E-state index contributed by atoms with van der Waals surface area (Å²) in [4.78, 5) is 0. The van der Waals surface area contributed by atoms with Crippen molar-refractivity contribution >= 4 is 17.3 Å². The molecular weight excluding hydrogens is 166 g/mol. The predicted molar refractivity (Wildman–Crippen MR) is 44.1 cm³/mol. The molecule has 0 spiro atoms. The molecule has 0 saturated heterocycles. The minimum atomic E-state index is -0.00769. The highest BCUT2D eigenvalue weighted by molar-refractivity contribution is 6.33. The van der Waals surface area contributed by atoms with Crippen LogP contribution in [0.3, 0.4) is 0 Å². The molecule has 0 unspecified atom stereocenters. The molecule has 3 nitrogen and oxygen atoms in total. The van der Waals surface area contributed by atoms with Crippen LogP contribution < -0.4 is 10.5 Å². The number of aromatic hydroxyl groups is 1. The van der Waals surface area contributed by atoms with Crippen molar-refractivity contribution in [3.63, 3.8) is 0 Å². The number of methoxy groups -OCH3 is 1. The van der Waals surface area contributed by atoms with Crippen LogP contribution in [0.15, 0.2) is 12.1 Å². The van der Waals surface area contributed by atoms with Crippen molar-refractivity contribution in [3.05, 3.63) is 17.2 Å². The lowest BCUT2D eigenvalue weighted by molar-refractivity contribution is 0.374. The minimum absolute atomic E-state index is 0.00769. The maximum Gasteiger partial charge on any atom is 0.162 e. The minimum Gasteiger partial charge on any atom is -0.504 e. The molecule has 3 N–H and O–H groups in total. The fourth-order valence-corrected chi connectivity index (χ4v) is 0.880. The van der Waals surface area contributed by atoms with Crippen LogP contribution in [-0.4, -0.2) is 12.2 Å². The number of hydrogen-bond acceptors (Lipinski definition) is 3. The second kappa shape index (κ2) is 2.88. The SMILES string of the molecule is COc1cc(N)c(Cl)cc1O. The molecule has 0 amide bonds. The lowest BCUT2D eigenvalue weighted by atomic mass is 10.3. The molecule has 0 aromatic heterocycles. The van der Waals surface area contributed by atoms with Crippen LogP contribution in [0.4, 0.5) is 5.69 Å². The maximum atomic E-state index is 9.15. The van der Waals surface area contributed by atoms with E-state index in [1.165, 1.54) is 19.2 Å². The van der Waals surface area contributed by atoms with Crippen molar-refractivity contribution < 1.29 is 9.84 Å². The molecule has 0 bridgehead atoms. The number of benzene rings is 1. The number of nitrogen functional groups attached to an aromatic ring is 1. The van der Waals surface area contributed by atoms with Crippen molar-refractivity contribution in [1.82, 2.24) is 0 Å². The molecular formula is C7H8ClNO2.